The molecule has 0 bridgehead atoms. The number of phenolic OH excluding ortho intramolecular Hbond substituents is 1. The highest BCUT2D eigenvalue weighted by molar-refractivity contribution is 5.93. The number of carbonyl (C=O) groups is 1. The molecule has 0 saturated carbocycles. The van der Waals surface area contributed by atoms with E-state index in [4.69, 9.17) is 9.84 Å². The second-order valence-electron chi connectivity index (χ2n) is 3.30. The Kier molecular flexibility index (Phi) is 4.34. The zero-order chi connectivity index (χ0) is 12.8. The Morgan fingerprint density at radius 3 is 2.59 bits per heavy atom. The van der Waals surface area contributed by atoms with E-state index >= 15 is 0 Å². The molecule has 0 spiro atoms. The molecule has 0 heterocycles. The summed E-state index contributed by atoms with van der Waals surface area (Å²) in [7, 11) is 1.37. The van der Waals surface area contributed by atoms with Crippen LogP contribution in [0.4, 0.5) is 0 Å². The molecule has 90 valence electrons. The zero-order valence-corrected chi connectivity index (χ0v) is 9.68. The third-order valence-electron chi connectivity index (χ3n) is 2.16. The molecule has 0 aliphatic heterocycles. The van der Waals surface area contributed by atoms with Gasteiger partial charge in [-0.1, -0.05) is 24.3 Å². The van der Waals surface area contributed by atoms with Crippen molar-refractivity contribution in [3.05, 3.63) is 41.5 Å². The van der Waals surface area contributed by atoms with Crippen molar-refractivity contribution < 1.29 is 19.7 Å². The van der Waals surface area contributed by atoms with Gasteiger partial charge in [0.25, 0.3) is 0 Å². The summed E-state index contributed by atoms with van der Waals surface area (Å²) in [6, 6.07) is 2.66. The maximum atomic E-state index is 11.0. The predicted molar refractivity (Wildman–Crippen MR) is 65.5 cm³/mol. The fraction of sp³-hybridized carbons (Fsp3) is 0.154. The summed E-state index contributed by atoms with van der Waals surface area (Å²) >= 11 is 0. The number of aromatic hydroxyl groups is 1. The number of methoxy groups -OCH3 is 1. The molecule has 1 rings (SSSR count). The molecule has 0 amide bonds. The van der Waals surface area contributed by atoms with Gasteiger partial charge in [0.2, 0.25) is 0 Å². The third-order valence-corrected chi connectivity index (χ3v) is 2.16. The quantitative estimate of drug-likeness (QED) is 0.786. The second kappa shape index (κ2) is 5.75. The van der Waals surface area contributed by atoms with Crippen molar-refractivity contribution in [2.75, 3.05) is 7.11 Å². The lowest BCUT2D eigenvalue weighted by Crippen LogP contribution is -2.00. The van der Waals surface area contributed by atoms with E-state index in [9.17, 15) is 9.90 Å². The summed E-state index contributed by atoms with van der Waals surface area (Å²) in [6.45, 7) is 1.86. The van der Waals surface area contributed by atoms with Crippen molar-refractivity contribution in [1.82, 2.24) is 0 Å². The van der Waals surface area contributed by atoms with Gasteiger partial charge in [-0.2, -0.15) is 0 Å². The van der Waals surface area contributed by atoms with Gasteiger partial charge in [-0.05, 0) is 24.6 Å². The summed E-state index contributed by atoms with van der Waals surface area (Å²) in [6.07, 6.45) is 6.91. The first-order valence-electron chi connectivity index (χ1n) is 5.03. The van der Waals surface area contributed by atoms with Gasteiger partial charge in [0.15, 0.2) is 11.5 Å². The summed E-state index contributed by atoms with van der Waals surface area (Å²) in [5, 5.41) is 18.6. The highest BCUT2D eigenvalue weighted by Gasteiger charge is 2.13. The minimum atomic E-state index is -1.07. The fourth-order valence-electron chi connectivity index (χ4n) is 1.34. The molecule has 1 aromatic rings. The van der Waals surface area contributed by atoms with Crippen LogP contribution in [-0.2, 0) is 0 Å². The largest absolute Gasteiger partial charge is 0.504 e. The van der Waals surface area contributed by atoms with Crippen molar-refractivity contribution in [2.24, 2.45) is 0 Å². The van der Waals surface area contributed by atoms with Crippen LogP contribution in [0.15, 0.2) is 30.4 Å². The number of phenols is 1. The van der Waals surface area contributed by atoms with Crippen LogP contribution in [0.3, 0.4) is 0 Å². The lowest BCUT2D eigenvalue weighted by Gasteiger charge is -2.07. The number of ether oxygens (including phenoxy) is 1. The van der Waals surface area contributed by atoms with Crippen LogP contribution < -0.4 is 4.74 Å². The molecule has 0 fully saturated rings. The van der Waals surface area contributed by atoms with Gasteiger partial charge in [-0.3, -0.25) is 0 Å². The molecule has 17 heavy (non-hydrogen) atoms. The lowest BCUT2D eigenvalue weighted by atomic mass is 10.1. The van der Waals surface area contributed by atoms with E-state index in [1.165, 1.54) is 19.2 Å². The van der Waals surface area contributed by atoms with Gasteiger partial charge < -0.3 is 14.9 Å². The summed E-state index contributed by atoms with van der Waals surface area (Å²) < 4.78 is 4.87. The van der Waals surface area contributed by atoms with Gasteiger partial charge in [0.1, 0.15) is 0 Å². The normalized spacial score (nSPS) is 11.2. The molecule has 0 aromatic heterocycles. The van der Waals surface area contributed by atoms with Gasteiger partial charge in [0, 0.05) is 0 Å². The van der Waals surface area contributed by atoms with Crippen molar-refractivity contribution >= 4 is 12.0 Å². The molecule has 1 aromatic carbocycles. The van der Waals surface area contributed by atoms with E-state index in [1.807, 2.05) is 13.0 Å². The topological polar surface area (TPSA) is 66.8 Å². The smallest absolute Gasteiger partial charge is 0.336 e. The van der Waals surface area contributed by atoms with Crippen LogP contribution in [0.1, 0.15) is 22.8 Å². The van der Waals surface area contributed by atoms with Crippen LogP contribution in [0.5, 0.6) is 11.5 Å². The number of rotatable bonds is 4. The van der Waals surface area contributed by atoms with Crippen LogP contribution >= 0.6 is 0 Å². The first kappa shape index (κ1) is 12.8. The Balaban J connectivity index is 3.27. The van der Waals surface area contributed by atoms with Crippen LogP contribution in [-0.4, -0.2) is 23.3 Å². The van der Waals surface area contributed by atoms with Crippen molar-refractivity contribution in [3.63, 3.8) is 0 Å². The number of carboxylic acids is 1. The minimum Gasteiger partial charge on any atom is -0.504 e. The Hall–Kier alpha value is -2.23. The highest BCUT2D eigenvalue weighted by Crippen LogP contribution is 2.30. The number of benzene rings is 1. The Morgan fingerprint density at radius 2 is 2.06 bits per heavy atom. The number of aromatic carboxylic acids is 1. The molecule has 0 unspecified atom stereocenters. The van der Waals surface area contributed by atoms with Gasteiger partial charge >= 0.3 is 5.97 Å². The van der Waals surface area contributed by atoms with E-state index in [-0.39, 0.29) is 17.1 Å². The molecule has 4 heteroatoms. The minimum absolute atomic E-state index is 0.0837. The van der Waals surface area contributed by atoms with E-state index < -0.39 is 5.97 Å². The Morgan fingerprint density at radius 1 is 1.35 bits per heavy atom. The molecule has 0 aliphatic carbocycles. The molecule has 0 radical (unpaired) electrons. The van der Waals surface area contributed by atoms with E-state index in [0.29, 0.717) is 5.56 Å². The number of carboxylic acid groups (broad SMARTS) is 1. The monoisotopic (exact) mass is 234 g/mol. The molecular formula is C13H14O4. The lowest BCUT2D eigenvalue weighted by molar-refractivity contribution is 0.0696. The van der Waals surface area contributed by atoms with Crippen molar-refractivity contribution in [3.8, 4) is 11.5 Å². The molecule has 4 nitrogen and oxygen atoms in total. The van der Waals surface area contributed by atoms with Gasteiger partial charge in [0.05, 0.1) is 12.7 Å². The Bertz CT molecular complexity index is 473. The van der Waals surface area contributed by atoms with E-state index in [0.717, 1.165) is 0 Å². The molecule has 0 saturated heterocycles. The van der Waals surface area contributed by atoms with E-state index in [2.05, 4.69) is 0 Å². The fourth-order valence-corrected chi connectivity index (χ4v) is 1.34. The first-order valence-corrected chi connectivity index (χ1v) is 5.03. The first-order chi connectivity index (χ1) is 8.10. The summed E-state index contributed by atoms with van der Waals surface area (Å²) in [5.41, 5.74) is 0.509. The highest BCUT2D eigenvalue weighted by atomic mass is 16.5. The molecular weight excluding hydrogens is 220 g/mol. The Labute approximate surface area is 99.5 Å². The van der Waals surface area contributed by atoms with Gasteiger partial charge in [-0.15, -0.1) is 0 Å². The second-order valence-corrected chi connectivity index (χ2v) is 3.30. The van der Waals surface area contributed by atoms with E-state index in [1.54, 1.807) is 18.2 Å². The molecule has 2 N–H and O–H groups in total. The molecule has 0 atom stereocenters. The zero-order valence-electron chi connectivity index (χ0n) is 9.68. The number of hydrogen-bond donors (Lipinski definition) is 2. The standard InChI is InChI=1S/C13H14O4/c1-3-4-5-6-9-7-11(14)12(17-2)8-10(9)13(15)16/h3-8,14H,1-2H3,(H,15,16). The van der Waals surface area contributed by atoms with Crippen LogP contribution in [0, 0.1) is 0 Å². The summed E-state index contributed by atoms with van der Waals surface area (Å²) in [4.78, 5) is 11.0. The predicted octanol–water partition coefficient (Wildman–Crippen LogP) is 2.69. The third kappa shape index (κ3) is 3.11. The average Bonchev–Trinajstić information content (AvgIpc) is 2.29. The van der Waals surface area contributed by atoms with Crippen molar-refractivity contribution in [1.29, 1.82) is 0 Å². The van der Waals surface area contributed by atoms with Gasteiger partial charge in [-0.25, -0.2) is 4.79 Å². The molecule has 0 aliphatic rings. The average molecular weight is 234 g/mol. The number of allylic oxidation sites excluding steroid dienone is 3. The van der Waals surface area contributed by atoms with Crippen LogP contribution in [0.25, 0.3) is 6.08 Å². The summed E-state index contributed by atoms with van der Waals surface area (Å²) in [5.74, 6) is -1.01. The maximum Gasteiger partial charge on any atom is 0.336 e. The number of hydrogen-bond acceptors (Lipinski definition) is 3. The van der Waals surface area contributed by atoms with Crippen molar-refractivity contribution in [2.45, 2.75) is 6.92 Å². The maximum absolute atomic E-state index is 11.0. The van der Waals surface area contributed by atoms with Crippen LogP contribution in [0.2, 0.25) is 0 Å². The SMILES string of the molecule is CC=CC=Cc1cc(O)c(OC)cc1C(=O)O.